The zero-order valence-electron chi connectivity index (χ0n) is 18.0. The molecule has 0 unspecified atom stereocenters. The monoisotopic (exact) mass is 420 g/mol. The number of carbonyl (C=O) groups is 1. The molecule has 1 N–H and O–H groups in total. The number of unbranched alkanes of at least 4 members (excludes halogenated alkanes) is 1. The van der Waals surface area contributed by atoms with Crippen LogP contribution in [0.2, 0.25) is 0 Å². The molecule has 0 aliphatic heterocycles. The van der Waals surface area contributed by atoms with Crippen molar-refractivity contribution in [3.63, 3.8) is 0 Å². The van der Waals surface area contributed by atoms with E-state index in [1.54, 1.807) is 14.2 Å². The van der Waals surface area contributed by atoms with Gasteiger partial charge in [0.1, 0.15) is 5.82 Å². The molecule has 0 saturated carbocycles. The van der Waals surface area contributed by atoms with Crippen LogP contribution in [0.4, 0.5) is 0 Å². The van der Waals surface area contributed by atoms with Crippen LogP contribution < -0.4 is 14.8 Å². The predicted octanol–water partition coefficient (Wildman–Crippen LogP) is 3.50. The molecule has 1 amide bonds. The summed E-state index contributed by atoms with van der Waals surface area (Å²) in [7, 11) is 3.23. The van der Waals surface area contributed by atoms with E-state index in [-0.39, 0.29) is 11.2 Å². The molecule has 0 aliphatic carbocycles. The largest absolute Gasteiger partial charge is 0.493 e. The van der Waals surface area contributed by atoms with E-state index in [9.17, 15) is 4.79 Å². The molecule has 29 heavy (non-hydrogen) atoms. The maximum absolute atomic E-state index is 12.5. The molecule has 8 heteroatoms. The van der Waals surface area contributed by atoms with Crippen molar-refractivity contribution in [3.8, 4) is 11.5 Å². The minimum Gasteiger partial charge on any atom is -0.493 e. The predicted molar refractivity (Wildman–Crippen MR) is 116 cm³/mol. The molecule has 0 saturated heterocycles. The van der Waals surface area contributed by atoms with Gasteiger partial charge in [-0.3, -0.25) is 4.79 Å². The van der Waals surface area contributed by atoms with Crippen LogP contribution in [0.1, 0.15) is 45.0 Å². The third kappa shape index (κ3) is 6.39. The van der Waals surface area contributed by atoms with Crippen molar-refractivity contribution in [2.45, 2.75) is 63.4 Å². The summed E-state index contributed by atoms with van der Waals surface area (Å²) in [4.78, 5) is 12.5. The summed E-state index contributed by atoms with van der Waals surface area (Å²) in [5, 5.41) is 12.2. The molecule has 7 nitrogen and oxygen atoms in total. The van der Waals surface area contributed by atoms with Crippen LogP contribution in [0, 0.1) is 0 Å². The van der Waals surface area contributed by atoms with Gasteiger partial charge in [0.05, 0.1) is 19.5 Å². The van der Waals surface area contributed by atoms with Crippen LogP contribution in [0.25, 0.3) is 0 Å². The van der Waals surface area contributed by atoms with Crippen molar-refractivity contribution in [2.24, 2.45) is 0 Å². The molecule has 2 rings (SSSR count). The third-order valence-corrected chi connectivity index (χ3v) is 5.76. The molecular weight excluding hydrogens is 388 g/mol. The van der Waals surface area contributed by atoms with E-state index in [2.05, 4.69) is 33.9 Å². The number of methoxy groups -OCH3 is 2. The first-order valence-electron chi connectivity index (χ1n) is 10.1. The number of rotatable bonds is 12. The van der Waals surface area contributed by atoms with E-state index in [1.807, 2.05) is 25.1 Å². The molecule has 1 heterocycles. The van der Waals surface area contributed by atoms with Gasteiger partial charge in [-0.2, -0.15) is 0 Å². The first kappa shape index (κ1) is 23.1. The summed E-state index contributed by atoms with van der Waals surface area (Å²) in [6, 6.07) is 5.79. The number of thioether (sulfide) groups is 1. The van der Waals surface area contributed by atoms with Gasteiger partial charge in [-0.05, 0) is 44.4 Å². The standard InChI is InChI=1S/C21H32N4O3S/c1-6-8-9-19-23-24-21(25(19)7-2)29-15(3)20(26)22-13-12-16-10-11-17(27-4)18(14-16)28-5/h10-11,14-15H,6-9,12-13H2,1-5H3,(H,22,26)/t15-/m1/s1. The molecule has 0 spiro atoms. The lowest BCUT2D eigenvalue weighted by atomic mass is 10.1. The van der Waals surface area contributed by atoms with Crippen molar-refractivity contribution >= 4 is 17.7 Å². The van der Waals surface area contributed by atoms with Gasteiger partial charge in [0.15, 0.2) is 16.7 Å². The van der Waals surface area contributed by atoms with Crippen LogP contribution in [-0.2, 0) is 24.2 Å². The minimum absolute atomic E-state index is 0.00348. The molecular formula is C21H32N4O3S. The van der Waals surface area contributed by atoms with Gasteiger partial charge in [-0.1, -0.05) is 31.2 Å². The summed E-state index contributed by atoms with van der Waals surface area (Å²) in [6.07, 6.45) is 3.85. The number of ether oxygens (including phenoxy) is 2. The lowest BCUT2D eigenvalue weighted by Gasteiger charge is -2.13. The topological polar surface area (TPSA) is 78.3 Å². The van der Waals surface area contributed by atoms with Gasteiger partial charge in [0.25, 0.3) is 0 Å². The Kier molecular flexibility index (Phi) is 9.31. The zero-order chi connectivity index (χ0) is 21.2. The Morgan fingerprint density at radius 3 is 2.59 bits per heavy atom. The lowest BCUT2D eigenvalue weighted by Crippen LogP contribution is -2.32. The van der Waals surface area contributed by atoms with E-state index < -0.39 is 0 Å². The zero-order valence-corrected chi connectivity index (χ0v) is 18.8. The Bertz CT molecular complexity index is 794. The fourth-order valence-electron chi connectivity index (χ4n) is 2.97. The smallest absolute Gasteiger partial charge is 0.233 e. The summed E-state index contributed by atoms with van der Waals surface area (Å²) in [6.45, 7) is 7.51. The van der Waals surface area contributed by atoms with Crippen molar-refractivity contribution in [1.82, 2.24) is 20.1 Å². The number of nitrogens with one attached hydrogen (secondary N) is 1. The highest BCUT2D eigenvalue weighted by atomic mass is 32.2. The number of carbonyl (C=O) groups excluding carboxylic acids is 1. The van der Waals surface area contributed by atoms with E-state index in [0.29, 0.717) is 18.0 Å². The number of benzene rings is 1. The van der Waals surface area contributed by atoms with Crippen molar-refractivity contribution in [1.29, 1.82) is 0 Å². The highest BCUT2D eigenvalue weighted by Crippen LogP contribution is 2.27. The molecule has 0 fully saturated rings. The van der Waals surface area contributed by atoms with E-state index in [0.717, 1.165) is 48.8 Å². The van der Waals surface area contributed by atoms with Gasteiger partial charge in [0, 0.05) is 19.5 Å². The number of hydrogen-bond donors (Lipinski definition) is 1. The van der Waals surface area contributed by atoms with Gasteiger partial charge in [-0.15, -0.1) is 10.2 Å². The SMILES string of the molecule is CCCCc1nnc(S[C@H](C)C(=O)NCCc2ccc(OC)c(OC)c2)n1CC. The number of hydrogen-bond acceptors (Lipinski definition) is 6. The Morgan fingerprint density at radius 2 is 1.93 bits per heavy atom. The normalized spacial score (nSPS) is 11.9. The second kappa shape index (κ2) is 11.7. The van der Waals surface area contributed by atoms with Gasteiger partial charge in [-0.25, -0.2) is 0 Å². The second-order valence-corrected chi connectivity index (χ2v) is 8.05. The van der Waals surface area contributed by atoms with Crippen LogP contribution in [0.5, 0.6) is 11.5 Å². The number of amides is 1. The van der Waals surface area contributed by atoms with Gasteiger partial charge in [0.2, 0.25) is 5.91 Å². The first-order chi connectivity index (χ1) is 14.0. The Balaban J connectivity index is 1.87. The average molecular weight is 421 g/mol. The van der Waals surface area contributed by atoms with Crippen LogP contribution in [0.15, 0.2) is 23.4 Å². The van der Waals surface area contributed by atoms with Gasteiger partial charge < -0.3 is 19.4 Å². The molecule has 0 bridgehead atoms. The quantitative estimate of drug-likeness (QED) is 0.530. The second-order valence-electron chi connectivity index (χ2n) is 6.74. The van der Waals surface area contributed by atoms with Crippen molar-refractivity contribution in [2.75, 3.05) is 20.8 Å². The van der Waals surface area contributed by atoms with Crippen molar-refractivity contribution < 1.29 is 14.3 Å². The maximum atomic E-state index is 12.5. The number of aromatic nitrogens is 3. The fourth-order valence-corrected chi connectivity index (χ4v) is 3.92. The fraction of sp³-hybridized carbons (Fsp3) is 0.571. The molecule has 1 atom stereocenters. The van der Waals surface area contributed by atoms with Crippen LogP contribution >= 0.6 is 11.8 Å². The third-order valence-electron chi connectivity index (χ3n) is 4.68. The Morgan fingerprint density at radius 1 is 1.17 bits per heavy atom. The lowest BCUT2D eigenvalue weighted by molar-refractivity contribution is -0.120. The average Bonchev–Trinajstić information content (AvgIpc) is 3.12. The highest BCUT2D eigenvalue weighted by Gasteiger charge is 2.19. The maximum Gasteiger partial charge on any atom is 0.233 e. The Labute approximate surface area is 177 Å². The van der Waals surface area contributed by atoms with E-state index in [4.69, 9.17) is 9.47 Å². The molecule has 2 aromatic rings. The summed E-state index contributed by atoms with van der Waals surface area (Å²) in [5.74, 6) is 2.39. The highest BCUT2D eigenvalue weighted by molar-refractivity contribution is 8.00. The summed E-state index contributed by atoms with van der Waals surface area (Å²) in [5.41, 5.74) is 1.08. The van der Waals surface area contributed by atoms with Crippen molar-refractivity contribution in [3.05, 3.63) is 29.6 Å². The Hall–Kier alpha value is -2.22. The van der Waals surface area contributed by atoms with Gasteiger partial charge >= 0.3 is 0 Å². The van der Waals surface area contributed by atoms with Crippen LogP contribution in [-0.4, -0.2) is 46.7 Å². The summed E-state index contributed by atoms with van der Waals surface area (Å²) < 4.78 is 12.7. The minimum atomic E-state index is -0.242. The van der Waals surface area contributed by atoms with E-state index >= 15 is 0 Å². The first-order valence-corrected chi connectivity index (χ1v) is 11.0. The molecule has 160 valence electrons. The number of aryl methyl sites for hydroxylation is 1. The molecule has 0 aliphatic rings. The molecule has 1 aromatic carbocycles. The van der Waals surface area contributed by atoms with E-state index in [1.165, 1.54) is 11.8 Å². The molecule has 0 radical (unpaired) electrons. The number of nitrogens with zero attached hydrogens (tertiary/aromatic N) is 3. The molecule has 1 aromatic heterocycles. The summed E-state index contributed by atoms with van der Waals surface area (Å²) >= 11 is 1.46. The van der Waals surface area contributed by atoms with Crippen LogP contribution in [0.3, 0.4) is 0 Å².